The van der Waals surface area contributed by atoms with Crippen LogP contribution in [0.3, 0.4) is 0 Å². The Balaban J connectivity index is 2.14. The van der Waals surface area contributed by atoms with E-state index >= 15 is 0 Å². The van der Waals surface area contributed by atoms with Crippen LogP contribution in [0.1, 0.15) is 21.7 Å². The van der Waals surface area contributed by atoms with E-state index in [9.17, 15) is 9.59 Å². The number of carbonyl (C=O) groups excluding carboxylic acids is 1. The number of methoxy groups -OCH3 is 1. The summed E-state index contributed by atoms with van der Waals surface area (Å²) in [7, 11) is 1.37. The smallest absolute Gasteiger partial charge is 0.328 e. The largest absolute Gasteiger partial charge is 0.480 e. The fraction of sp³-hybridized carbons (Fsp3) is 0.333. The maximum atomic E-state index is 12.1. The van der Waals surface area contributed by atoms with Crippen molar-refractivity contribution in [2.24, 2.45) is 0 Å². The van der Waals surface area contributed by atoms with Gasteiger partial charge in [-0.05, 0) is 32.0 Å². The first kappa shape index (κ1) is 16.6. The zero-order valence-corrected chi connectivity index (χ0v) is 13.1. The van der Waals surface area contributed by atoms with E-state index in [1.807, 2.05) is 19.9 Å². The Kier molecular flexibility index (Phi) is 5.07. The zero-order chi connectivity index (χ0) is 17.0. The number of carboxylic acid groups (broad SMARTS) is 1. The lowest BCUT2D eigenvalue weighted by Gasteiger charge is -2.13. The number of aromatic nitrogens is 3. The van der Waals surface area contributed by atoms with E-state index in [1.165, 1.54) is 13.3 Å². The van der Waals surface area contributed by atoms with Crippen LogP contribution in [0.2, 0.25) is 0 Å². The van der Waals surface area contributed by atoms with Crippen molar-refractivity contribution in [3.63, 3.8) is 0 Å². The van der Waals surface area contributed by atoms with Crippen LogP contribution in [0, 0.1) is 13.8 Å². The van der Waals surface area contributed by atoms with E-state index in [0.717, 1.165) is 11.4 Å². The lowest BCUT2D eigenvalue weighted by atomic mass is 10.2. The Labute approximate surface area is 133 Å². The van der Waals surface area contributed by atoms with Gasteiger partial charge in [0.15, 0.2) is 11.9 Å². The van der Waals surface area contributed by atoms with E-state index in [-0.39, 0.29) is 12.2 Å². The minimum absolute atomic E-state index is 0.113. The molecule has 2 heterocycles. The Morgan fingerprint density at radius 1 is 1.39 bits per heavy atom. The molecule has 0 saturated heterocycles. The first-order valence-electron chi connectivity index (χ1n) is 6.94. The van der Waals surface area contributed by atoms with Crippen LogP contribution in [0.5, 0.6) is 0 Å². The van der Waals surface area contributed by atoms with Gasteiger partial charge in [-0.1, -0.05) is 0 Å². The lowest BCUT2D eigenvalue weighted by molar-refractivity contribution is -0.140. The van der Waals surface area contributed by atoms with E-state index in [4.69, 9.17) is 9.84 Å². The second-order valence-corrected chi connectivity index (χ2v) is 5.06. The van der Waals surface area contributed by atoms with Gasteiger partial charge in [0, 0.05) is 19.0 Å². The summed E-state index contributed by atoms with van der Waals surface area (Å²) in [5.74, 6) is -1.10. The van der Waals surface area contributed by atoms with Gasteiger partial charge in [0.25, 0.3) is 5.91 Å². The molecule has 0 aliphatic rings. The minimum atomic E-state index is -1.16. The highest BCUT2D eigenvalue weighted by atomic mass is 16.5. The van der Waals surface area contributed by atoms with Crippen molar-refractivity contribution >= 4 is 11.9 Å². The summed E-state index contributed by atoms with van der Waals surface area (Å²) in [5, 5.41) is 15.7. The summed E-state index contributed by atoms with van der Waals surface area (Å²) >= 11 is 0. The summed E-state index contributed by atoms with van der Waals surface area (Å²) in [6.07, 6.45) is 1.38. The Bertz CT molecular complexity index is 709. The fourth-order valence-electron chi connectivity index (χ4n) is 2.09. The van der Waals surface area contributed by atoms with Gasteiger partial charge in [-0.15, -0.1) is 0 Å². The van der Waals surface area contributed by atoms with E-state index in [2.05, 4.69) is 15.4 Å². The van der Waals surface area contributed by atoms with Crippen LogP contribution < -0.4 is 5.32 Å². The van der Waals surface area contributed by atoms with Gasteiger partial charge in [-0.2, -0.15) is 5.10 Å². The monoisotopic (exact) mass is 318 g/mol. The summed E-state index contributed by atoms with van der Waals surface area (Å²) < 4.78 is 6.44. The zero-order valence-electron chi connectivity index (χ0n) is 13.1. The molecule has 122 valence electrons. The van der Waals surface area contributed by atoms with Crippen LogP contribution in [0.4, 0.5) is 0 Å². The molecule has 2 aromatic rings. The molecule has 8 heteroatoms. The van der Waals surface area contributed by atoms with Gasteiger partial charge in [-0.25, -0.2) is 14.5 Å². The van der Waals surface area contributed by atoms with Gasteiger partial charge < -0.3 is 15.2 Å². The molecule has 0 aromatic carbocycles. The van der Waals surface area contributed by atoms with Crippen LogP contribution in [-0.4, -0.2) is 51.5 Å². The highest BCUT2D eigenvalue weighted by Gasteiger charge is 2.20. The lowest BCUT2D eigenvalue weighted by Crippen LogP contribution is -2.43. The molecule has 0 fully saturated rings. The quantitative estimate of drug-likeness (QED) is 0.812. The molecular formula is C15H18N4O4. The molecule has 0 radical (unpaired) electrons. The SMILES string of the molecule is COCC(NC(=O)c1ccc(-n2nc(C)cc2C)nc1)C(=O)O. The molecule has 2 N–H and O–H groups in total. The number of hydrogen-bond acceptors (Lipinski definition) is 5. The Morgan fingerprint density at radius 2 is 2.13 bits per heavy atom. The number of aryl methyl sites for hydroxylation is 2. The molecule has 1 unspecified atom stereocenters. The van der Waals surface area contributed by atoms with E-state index < -0.39 is 17.9 Å². The minimum Gasteiger partial charge on any atom is -0.480 e. The molecule has 0 aliphatic carbocycles. The number of nitrogens with zero attached hydrogens (tertiary/aromatic N) is 3. The summed E-state index contributed by atoms with van der Waals surface area (Å²) in [6.45, 7) is 3.68. The number of rotatable bonds is 6. The first-order chi connectivity index (χ1) is 10.9. The van der Waals surface area contributed by atoms with E-state index in [1.54, 1.807) is 16.8 Å². The molecule has 0 saturated carbocycles. The average molecular weight is 318 g/mol. The molecule has 23 heavy (non-hydrogen) atoms. The normalized spacial score (nSPS) is 12.0. The molecular weight excluding hydrogens is 300 g/mol. The molecule has 0 bridgehead atoms. The topological polar surface area (TPSA) is 106 Å². The fourth-order valence-corrected chi connectivity index (χ4v) is 2.09. The molecule has 2 rings (SSSR count). The Morgan fingerprint density at radius 3 is 2.61 bits per heavy atom. The number of ether oxygens (including phenoxy) is 1. The van der Waals surface area contributed by atoms with Crippen molar-refractivity contribution in [3.05, 3.63) is 41.3 Å². The maximum absolute atomic E-state index is 12.1. The molecule has 1 atom stereocenters. The third kappa shape index (κ3) is 3.92. The van der Waals surface area contributed by atoms with Gasteiger partial charge in [-0.3, -0.25) is 4.79 Å². The van der Waals surface area contributed by atoms with Gasteiger partial charge in [0.1, 0.15) is 0 Å². The van der Waals surface area contributed by atoms with Crippen LogP contribution in [0.25, 0.3) is 5.82 Å². The number of hydrogen-bond donors (Lipinski definition) is 2. The number of nitrogens with one attached hydrogen (secondary N) is 1. The maximum Gasteiger partial charge on any atom is 0.328 e. The molecule has 8 nitrogen and oxygen atoms in total. The summed E-state index contributed by atoms with van der Waals surface area (Å²) in [5.41, 5.74) is 2.06. The average Bonchev–Trinajstić information content (AvgIpc) is 2.85. The number of carbonyl (C=O) groups is 2. The number of pyridine rings is 1. The summed E-state index contributed by atoms with van der Waals surface area (Å²) in [4.78, 5) is 27.3. The predicted molar refractivity (Wildman–Crippen MR) is 81.6 cm³/mol. The number of amides is 1. The van der Waals surface area contributed by atoms with Gasteiger partial charge in [0.05, 0.1) is 17.9 Å². The standard InChI is InChI=1S/C15H18N4O4/c1-9-6-10(2)19(18-9)13-5-4-11(7-16-13)14(20)17-12(8-23-3)15(21)22/h4-7,12H,8H2,1-3H3,(H,17,20)(H,21,22). The molecule has 0 aliphatic heterocycles. The molecule has 1 amide bonds. The first-order valence-corrected chi connectivity index (χ1v) is 6.94. The predicted octanol–water partition coefficient (Wildman–Crippen LogP) is 0.714. The number of aliphatic carboxylic acids is 1. The highest BCUT2D eigenvalue weighted by molar-refractivity contribution is 5.96. The van der Waals surface area contributed by atoms with Crippen molar-refractivity contribution in [1.82, 2.24) is 20.1 Å². The third-order valence-corrected chi connectivity index (χ3v) is 3.17. The second-order valence-electron chi connectivity index (χ2n) is 5.06. The van der Waals surface area contributed by atoms with Gasteiger partial charge in [0.2, 0.25) is 0 Å². The van der Waals surface area contributed by atoms with Crippen LogP contribution in [-0.2, 0) is 9.53 Å². The third-order valence-electron chi connectivity index (χ3n) is 3.17. The number of carboxylic acids is 1. The van der Waals surface area contributed by atoms with Crippen molar-refractivity contribution in [2.75, 3.05) is 13.7 Å². The van der Waals surface area contributed by atoms with Gasteiger partial charge >= 0.3 is 5.97 Å². The van der Waals surface area contributed by atoms with Crippen LogP contribution >= 0.6 is 0 Å². The van der Waals surface area contributed by atoms with Crippen molar-refractivity contribution in [3.8, 4) is 5.82 Å². The summed E-state index contributed by atoms with van der Waals surface area (Å²) in [6, 6.07) is 4.04. The van der Waals surface area contributed by atoms with Crippen molar-refractivity contribution < 1.29 is 19.4 Å². The second kappa shape index (κ2) is 7.01. The molecule has 0 spiro atoms. The van der Waals surface area contributed by atoms with Crippen molar-refractivity contribution in [2.45, 2.75) is 19.9 Å². The Hall–Kier alpha value is -2.74. The van der Waals surface area contributed by atoms with Crippen LogP contribution in [0.15, 0.2) is 24.4 Å². The highest BCUT2D eigenvalue weighted by Crippen LogP contribution is 2.10. The van der Waals surface area contributed by atoms with Crippen molar-refractivity contribution in [1.29, 1.82) is 0 Å². The van der Waals surface area contributed by atoms with E-state index in [0.29, 0.717) is 5.82 Å². The molecule has 2 aromatic heterocycles.